The maximum atomic E-state index is 4.35. The number of piperidine rings is 1. The molecule has 1 aromatic rings. The fraction of sp³-hybridized carbons (Fsp3) is 0.714. The summed E-state index contributed by atoms with van der Waals surface area (Å²) in [5, 5.41) is 3.67. The zero-order valence-electron chi connectivity index (χ0n) is 11.5. The van der Waals surface area contributed by atoms with Gasteiger partial charge in [-0.1, -0.05) is 6.92 Å². The van der Waals surface area contributed by atoms with E-state index in [0.717, 1.165) is 5.69 Å². The number of rotatable bonds is 5. The topological polar surface area (TPSA) is 41.0 Å². The minimum atomic E-state index is 0.293. The maximum Gasteiger partial charge on any atom is 0.0753 e. The molecule has 1 unspecified atom stereocenters. The molecule has 18 heavy (non-hydrogen) atoms. The Bertz CT molecular complexity index is 333. The summed E-state index contributed by atoms with van der Waals surface area (Å²) in [4.78, 5) is 11.0. The van der Waals surface area contributed by atoms with Gasteiger partial charge in [0.15, 0.2) is 0 Å². The van der Waals surface area contributed by atoms with E-state index < -0.39 is 0 Å². The molecule has 2 rings (SSSR count). The molecule has 0 radical (unpaired) electrons. The zero-order valence-corrected chi connectivity index (χ0v) is 11.5. The summed E-state index contributed by atoms with van der Waals surface area (Å²) in [6.45, 7) is 8.10. The van der Waals surface area contributed by atoms with Crippen molar-refractivity contribution < 1.29 is 0 Å². The van der Waals surface area contributed by atoms with Crippen LogP contribution in [-0.4, -0.2) is 40.5 Å². The van der Waals surface area contributed by atoms with E-state index in [1.807, 2.05) is 6.20 Å². The van der Waals surface area contributed by atoms with Crippen molar-refractivity contribution in [3.05, 3.63) is 24.3 Å². The van der Waals surface area contributed by atoms with E-state index in [1.54, 1.807) is 12.4 Å². The normalized spacial score (nSPS) is 19.9. The fourth-order valence-electron chi connectivity index (χ4n) is 2.61. The largest absolute Gasteiger partial charge is 0.306 e. The molecule has 1 aliphatic heterocycles. The van der Waals surface area contributed by atoms with Gasteiger partial charge in [0.25, 0.3) is 0 Å². The monoisotopic (exact) mass is 248 g/mol. The van der Waals surface area contributed by atoms with E-state index in [1.165, 1.54) is 38.9 Å². The number of nitrogens with one attached hydrogen (secondary N) is 1. The van der Waals surface area contributed by atoms with Gasteiger partial charge in [0.05, 0.1) is 5.69 Å². The van der Waals surface area contributed by atoms with Crippen molar-refractivity contribution in [2.45, 2.75) is 45.2 Å². The lowest BCUT2D eigenvalue weighted by Gasteiger charge is -2.33. The van der Waals surface area contributed by atoms with Gasteiger partial charge in [0.2, 0.25) is 0 Å². The van der Waals surface area contributed by atoms with Gasteiger partial charge in [-0.15, -0.1) is 0 Å². The summed E-state index contributed by atoms with van der Waals surface area (Å²) < 4.78 is 0. The predicted molar refractivity (Wildman–Crippen MR) is 73.3 cm³/mol. The van der Waals surface area contributed by atoms with Crippen molar-refractivity contribution >= 4 is 0 Å². The summed E-state index contributed by atoms with van der Waals surface area (Å²) in [6.07, 6.45) is 9.07. The molecule has 1 fully saturated rings. The average Bonchev–Trinajstić information content (AvgIpc) is 2.42. The quantitative estimate of drug-likeness (QED) is 0.865. The lowest BCUT2D eigenvalue weighted by Crippen LogP contribution is -2.43. The lowest BCUT2D eigenvalue weighted by atomic mass is 10.0. The molecule has 0 bridgehead atoms. The first kappa shape index (κ1) is 13.4. The number of likely N-dealkylation sites (tertiary alicyclic amines) is 1. The SMILES string of the molecule is CCCN1CCC(NC(C)c2cnccn2)CC1. The lowest BCUT2D eigenvalue weighted by molar-refractivity contribution is 0.192. The van der Waals surface area contributed by atoms with Crippen LogP contribution in [0.1, 0.15) is 44.8 Å². The van der Waals surface area contributed by atoms with Gasteiger partial charge in [-0.3, -0.25) is 9.97 Å². The van der Waals surface area contributed by atoms with Crippen molar-refractivity contribution in [1.82, 2.24) is 20.2 Å². The number of hydrogen-bond acceptors (Lipinski definition) is 4. The second kappa shape index (κ2) is 6.81. The molecule has 0 aromatic carbocycles. The number of hydrogen-bond donors (Lipinski definition) is 1. The molecule has 1 N–H and O–H groups in total. The van der Waals surface area contributed by atoms with Crippen LogP contribution < -0.4 is 5.32 Å². The average molecular weight is 248 g/mol. The second-order valence-electron chi connectivity index (χ2n) is 5.13. The van der Waals surface area contributed by atoms with Gasteiger partial charge in [0, 0.05) is 30.7 Å². The van der Waals surface area contributed by atoms with Crippen LogP contribution in [0.15, 0.2) is 18.6 Å². The smallest absolute Gasteiger partial charge is 0.0753 e. The molecule has 4 nitrogen and oxygen atoms in total. The minimum Gasteiger partial charge on any atom is -0.306 e. The highest BCUT2D eigenvalue weighted by Gasteiger charge is 2.20. The zero-order chi connectivity index (χ0) is 12.8. The molecule has 0 spiro atoms. The third-order valence-electron chi connectivity index (χ3n) is 3.64. The van der Waals surface area contributed by atoms with Gasteiger partial charge >= 0.3 is 0 Å². The van der Waals surface area contributed by atoms with Crippen LogP contribution in [0.25, 0.3) is 0 Å². The maximum absolute atomic E-state index is 4.35. The summed E-state index contributed by atoms with van der Waals surface area (Å²) in [7, 11) is 0. The molecule has 2 heterocycles. The molecule has 0 amide bonds. The second-order valence-corrected chi connectivity index (χ2v) is 5.13. The van der Waals surface area contributed by atoms with Crippen LogP contribution in [0.4, 0.5) is 0 Å². The van der Waals surface area contributed by atoms with Gasteiger partial charge in [-0.25, -0.2) is 0 Å². The van der Waals surface area contributed by atoms with E-state index in [9.17, 15) is 0 Å². The molecule has 4 heteroatoms. The fourth-order valence-corrected chi connectivity index (χ4v) is 2.61. The first-order valence-corrected chi connectivity index (χ1v) is 7.04. The third kappa shape index (κ3) is 3.75. The van der Waals surface area contributed by atoms with E-state index in [-0.39, 0.29) is 0 Å². The van der Waals surface area contributed by atoms with E-state index >= 15 is 0 Å². The molecular weight excluding hydrogens is 224 g/mol. The van der Waals surface area contributed by atoms with Crippen LogP contribution in [0.3, 0.4) is 0 Å². The van der Waals surface area contributed by atoms with Crippen molar-refractivity contribution in [2.75, 3.05) is 19.6 Å². The van der Waals surface area contributed by atoms with Crippen LogP contribution in [-0.2, 0) is 0 Å². The van der Waals surface area contributed by atoms with Crippen molar-refractivity contribution in [3.8, 4) is 0 Å². The summed E-state index contributed by atoms with van der Waals surface area (Å²) in [5.74, 6) is 0. The van der Waals surface area contributed by atoms with Gasteiger partial charge < -0.3 is 10.2 Å². The Labute approximate surface area is 110 Å². The highest BCUT2D eigenvalue weighted by atomic mass is 15.1. The number of aromatic nitrogens is 2. The standard InChI is InChI=1S/C14H24N4/c1-3-8-18-9-4-13(5-10-18)17-12(2)14-11-15-6-7-16-14/h6-7,11-13,17H,3-5,8-10H2,1-2H3. The van der Waals surface area contributed by atoms with Gasteiger partial charge in [-0.05, 0) is 45.8 Å². The Morgan fingerprint density at radius 2 is 2.17 bits per heavy atom. The molecule has 1 saturated heterocycles. The summed E-state index contributed by atoms with van der Waals surface area (Å²) in [6, 6.07) is 0.913. The van der Waals surface area contributed by atoms with Crippen LogP contribution >= 0.6 is 0 Å². The van der Waals surface area contributed by atoms with E-state index in [4.69, 9.17) is 0 Å². The Hall–Kier alpha value is -1.00. The van der Waals surface area contributed by atoms with Gasteiger partial charge in [0.1, 0.15) is 0 Å². The molecule has 0 saturated carbocycles. The molecule has 100 valence electrons. The van der Waals surface area contributed by atoms with Gasteiger partial charge in [-0.2, -0.15) is 0 Å². The summed E-state index contributed by atoms with van der Waals surface area (Å²) in [5.41, 5.74) is 1.04. The molecule has 1 aromatic heterocycles. The number of nitrogens with zero attached hydrogens (tertiary/aromatic N) is 3. The molecule has 1 atom stereocenters. The first-order valence-electron chi connectivity index (χ1n) is 7.04. The van der Waals surface area contributed by atoms with Crippen LogP contribution in [0.5, 0.6) is 0 Å². The summed E-state index contributed by atoms with van der Waals surface area (Å²) >= 11 is 0. The molecule has 0 aliphatic carbocycles. The van der Waals surface area contributed by atoms with Crippen molar-refractivity contribution in [3.63, 3.8) is 0 Å². The highest BCUT2D eigenvalue weighted by Crippen LogP contribution is 2.15. The minimum absolute atomic E-state index is 0.293. The highest BCUT2D eigenvalue weighted by molar-refractivity contribution is 5.01. The molecular formula is C14H24N4. The van der Waals surface area contributed by atoms with Crippen LogP contribution in [0.2, 0.25) is 0 Å². The predicted octanol–water partition coefficient (Wildman–Crippen LogP) is 2.00. The molecule has 1 aliphatic rings. The van der Waals surface area contributed by atoms with E-state index in [2.05, 4.69) is 34.0 Å². The van der Waals surface area contributed by atoms with Crippen LogP contribution in [0, 0.1) is 0 Å². The first-order chi connectivity index (χ1) is 8.79. The Morgan fingerprint density at radius 1 is 1.39 bits per heavy atom. The van der Waals surface area contributed by atoms with Crippen molar-refractivity contribution in [2.24, 2.45) is 0 Å². The third-order valence-corrected chi connectivity index (χ3v) is 3.64. The van der Waals surface area contributed by atoms with E-state index in [0.29, 0.717) is 12.1 Å². The van der Waals surface area contributed by atoms with Crippen molar-refractivity contribution in [1.29, 1.82) is 0 Å². The Balaban J connectivity index is 1.78. The Kier molecular flexibility index (Phi) is 5.08. The Morgan fingerprint density at radius 3 is 2.78 bits per heavy atom.